The third-order valence-electron chi connectivity index (χ3n) is 10.8. The fourth-order valence-corrected chi connectivity index (χ4v) is 6.45. The van der Waals surface area contributed by atoms with Crippen molar-refractivity contribution in [2.45, 2.75) is 91.6 Å². The van der Waals surface area contributed by atoms with Gasteiger partial charge in [-0.1, -0.05) is 58.8 Å². The van der Waals surface area contributed by atoms with Crippen LogP contribution in [0.2, 0.25) is 0 Å². The summed E-state index contributed by atoms with van der Waals surface area (Å²) in [6.07, 6.45) is 1.27. The lowest BCUT2D eigenvalue weighted by Gasteiger charge is -2.32. The number of hydrogen-bond acceptors (Lipinski definition) is 14. The van der Waals surface area contributed by atoms with Gasteiger partial charge in [0.25, 0.3) is 0 Å². The van der Waals surface area contributed by atoms with Crippen molar-refractivity contribution in [1.82, 2.24) is 20.3 Å². The fraction of sp³-hybridized carbons (Fsp3) is 0.318. The second-order valence-corrected chi connectivity index (χ2v) is 15.7. The van der Waals surface area contributed by atoms with Crippen LogP contribution >= 0.6 is 0 Å². The number of pyridine rings is 2. The summed E-state index contributed by atoms with van der Waals surface area (Å²) in [6, 6.07) is 19.0. The zero-order chi connectivity index (χ0) is 44.9. The van der Waals surface area contributed by atoms with Gasteiger partial charge >= 0.3 is 26.2 Å². The van der Waals surface area contributed by atoms with Crippen molar-refractivity contribution in [3.05, 3.63) is 130 Å². The molecule has 0 radical (unpaired) electrons. The molecule has 0 bridgehead atoms. The Morgan fingerprint density at radius 3 is 1.52 bits per heavy atom. The molecule has 1 aliphatic heterocycles. The highest BCUT2D eigenvalue weighted by molar-refractivity contribution is 6.62. The molecule has 14 nitrogen and oxygen atoms in total. The molecule has 322 valence electrons. The van der Waals surface area contributed by atoms with Gasteiger partial charge in [0.15, 0.2) is 11.5 Å². The number of halogens is 2. The molecule has 0 amide bonds. The minimum Gasteiger partial charge on any atom is -0.457 e. The maximum atomic E-state index is 14.0. The first kappa shape index (κ1) is 45.5. The molecule has 0 spiro atoms. The van der Waals surface area contributed by atoms with Crippen LogP contribution in [0.5, 0.6) is 0 Å². The van der Waals surface area contributed by atoms with Gasteiger partial charge in [-0.3, -0.25) is 19.6 Å². The molecule has 6 aromatic rings. The van der Waals surface area contributed by atoms with Crippen LogP contribution < -0.4 is 10.9 Å². The van der Waals surface area contributed by atoms with Crippen LogP contribution in [-0.2, 0) is 41.2 Å². The number of benzene rings is 2. The largest absolute Gasteiger partial charge is 0.496 e. The van der Waals surface area contributed by atoms with E-state index in [1.54, 1.807) is 76.4 Å². The molecule has 0 unspecified atom stereocenters. The number of aryl methyl sites for hydroxylation is 2. The number of rotatable bonds is 12. The molecular formula is C44H46B2F2N4O10. The molecule has 5 heterocycles. The molecule has 1 aliphatic rings. The summed E-state index contributed by atoms with van der Waals surface area (Å²) < 4.78 is 61.6. The second kappa shape index (κ2) is 18.9. The molecule has 1 fully saturated rings. The first-order valence-corrected chi connectivity index (χ1v) is 19.8. The maximum Gasteiger partial charge on any atom is 0.496 e. The molecule has 2 aromatic carbocycles. The summed E-state index contributed by atoms with van der Waals surface area (Å²) in [6.45, 7) is 14.6. The number of carbonyl (C=O) groups is 2. The molecule has 62 heavy (non-hydrogen) atoms. The Bertz CT molecular complexity index is 2500. The highest BCUT2D eigenvalue weighted by Crippen LogP contribution is 2.37. The van der Waals surface area contributed by atoms with Crippen molar-refractivity contribution >= 4 is 37.1 Å². The smallest absolute Gasteiger partial charge is 0.457 e. The Hall–Kier alpha value is -6.07. The molecule has 2 atom stereocenters. The summed E-state index contributed by atoms with van der Waals surface area (Å²) in [4.78, 5) is 33.6. The van der Waals surface area contributed by atoms with Crippen molar-refractivity contribution < 1.29 is 56.2 Å². The number of hydrogen-bond donors (Lipinski definition) is 2. The van der Waals surface area contributed by atoms with E-state index in [9.17, 15) is 18.4 Å². The van der Waals surface area contributed by atoms with E-state index in [1.165, 1.54) is 30.5 Å². The number of carbonyl (C=O) groups excluding carboxylic acids is 2. The highest BCUT2D eigenvalue weighted by Gasteiger charge is 2.51. The Balaban J connectivity index is 0.000000211. The molecule has 18 heteroatoms. The number of aromatic nitrogens is 4. The van der Waals surface area contributed by atoms with E-state index in [0.717, 1.165) is 5.46 Å². The van der Waals surface area contributed by atoms with Crippen molar-refractivity contribution in [3.8, 4) is 22.9 Å². The third-order valence-corrected chi connectivity index (χ3v) is 10.8. The maximum absolute atomic E-state index is 14.0. The predicted octanol–water partition coefficient (Wildman–Crippen LogP) is 6.04. The Morgan fingerprint density at radius 2 is 1.13 bits per heavy atom. The number of ether oxygens (including phenoxy) is 2. The zero-order valence-corrected chi connectivity index (χ0v) is 35.5. The summed E-state index contributed by atoms with van der Waals surface area (Å²) in [5.74, 6) is -1.28. The average Bonchev–Trinajstić information content (AvgIpc) is 3.85. The normalized spacial score (nSPS) is 15.0. The van der Waals surface area contributed by atoms with Gasteiger partial charge in [0.05, 0.1) is 35.4 Å². The molecule has 1 saturated heterocycles. The van der Waals surface area contributed by atoms with Gasteiger partial charge < -0.3 is 37.9 Å². The van der Waals surface area contributed by atoms with Crippen LogP contribution in [-0.4, -0.2) is 67.7 Å². The monoisotopic (exact) mass is 850 g/mol. The van der Waals surface area contributed by atoms with Crippen molar-refractivity contribution in [2.24, 2.45) is 0 Å². The number of nitrogens with zero attached hydrogens (tertiary/aromatic N) is 4. The highest BCUT2D eigenvalue weighted by atomic mass is 19.1. The minimum atomic E-state index is -1.63. The van der Waals surface area contributed by atoms with Crippen molar-refractivity contribution in [1.29, 1.82) is 0 Å². The Kier molecular flexibility index (Phi) is 13.9. The van der Waals surface area contributed by atoms with Crippen LogP contribution in [0.1, 0.15) is 87.4 Å². The van der Waals surface area contributed by atoms with E-state index < -0.39 is 61.2 Å². The summed E-state index contributed by atoms with van der Waals surface area (Å²) in [7, 11) is -2.16. The van der Waals surface area contributed by atoms with Crippen molar-refractivity contribution in [3.63, 3.8) is 0 Å². The first-order chi connectivity index (χ1) is 29.3. The number of esters is 2. The molecule has 4 aromatic heterocycles. The summed E-state index contributed by atoms with van der Waals surface area (Å²) >= 11 is 0. The van der Waals surface area contributed by atoms with Gasteiger partial charge in [-0.25, -0.2) is 8.78 Å². The van der Waals surface area contributed by atoms with E-state index in [1.807, 2.05) is 33.8 Å². The first-order valence-electron chi connectivity index (χ1n) is 19.8. The Morgan fingerprint density at radius 1 is 0.694 bits per heavy atom. The molecule has 0 saturated carbocycles. The van der Waals surface area contributed by atoms with Gasteiger partial charge in [-0.2, -0.15) is 0 Å². The lowest BCUT2D eigenvalue weighted by atomic mass is 9.80. The van der Waals surface area contributed by atoms with Gasteiger partial charge in [-0.05, 0) is 79.7 Å². The lowest BCUT2D eigenvalue weighted by molar-refractivity contribution is -0.148. The lowest BCUT2D eigenvalue weighted by Crippen LogP contribution is -2.41. The van der Waals surface area contributed by atoms with E-state index >= 15 is 0 Å². The SMILES string of the molecule is Cc1noc(-c2ccc(B(O)O)cn2)c1CC(=O)O[C@H](C)c1ccccc1F.Cc1noc(-c2ccc(B3OC(C)(C)C(C)(C)O3)cn2)c1CC(=O)O[C@H](C)c1ccccc1F. The van der Waals surface area contributed by atoms with E-state index in [2.05, 4.69) is 20.3 Å². The predicted molar refractivity (Wildman–Crippen MR) is 224 cm³/mol. The summed E-state index contributed by atoms with van der Waals surface area (Å²) in [5, 5.41) is 26.2. The Labute approximate surface area is 357 Å². The molecule has 2 N–H and O–H groups in total. The fourth-order valence-electron chi connectivity index (χ4n) is 6.45. The van der Waals surface area contributed by atoms with E-state index in [4.69, 9.17) is 37.9 Å². The van der Waals surface area contributed by atoms with Crippen LogP contribution in [0.4, 0.5) is 8.78 Å². The average molecular weight is 850 g/mol. The van der Waals surface area contributed by atoms with Gasteiger partial charge in [0.1, 0.15) is 35.2 Å². The van der Waals surface area contributed by atoms with Crippen LogP contribution in [0.15, 0.2) is 94.2 Å². The van der Waals surface area contributed by atoms with Crippen LogP contribution in [0.3, 0.4) is 0 Å². The second-order valence-electron chi connectivity index (χ2n) is 15.7. The zero-order valence-electron chi connectivity index (χ0n) is 35.5. The van der Waals surface area contributed by atoms with Crippen LogP contribution in [0, 0.1) is 25.5 Å². The quantitative estimate of drug-likeness (QED) is 0.107. The minimum absolute atomic E-state index is 0.0792. The van der Waals surface area contributed by atoms with Gasteiger partial charge in [-0.15, -0.1) is 0 Å². The third kappa shape index (κ3) is 10.3. The van der Waals surface area contributed by atoms with Crippen molar-refractivity contribution in [2.75, 3.05) is 0 Å². The van der Waals surface area contributed by atoms with Gasteiger partial charge in [0, 0.05) is 45.6 Å². The van der Waals surface area contributed by atoms with Crippen LogP contribution in [0.25, 0.3) is 22.9 Å². The standard InChI is InChI=1S/C25H28BFN2O5.C19H18BFN2O5/c1-15-19(13-22(30)31-16(2)18-9-7-8-10-20(18)27)23(32-29-15)21-12-11-17(14-28-21)26-33-24(3,4)25(5,6)34-26;1-11-15(9-18(24)27-12(2)14-5-3-4-6-16(14)21)19(28-23-11)17-8-7-13(10-22-17)20(25)26/h7-12,14,16H,13H2,1-6H3;3-8,10,12,25-26H,9H2,1-2H3/t16-;12-/m11/s1. The van der Waals surface area contributed by atoms with E-state index in [0.29, 0.717) is 45.2 Å². The molecule has 7 rings (SSSR count). The molecule has 0 aliphatic carbocycles. The molecular weight excluding hydrogens is 804 g/mol. The summed E-state index contributed by atoms with van der Waals surface area (Å²) in [5.41, 5.74) is 3.73. The topological polar surface area (TPSA) is 189 Å². The van der Waals surface area contributed by atoms with E-state index in [-0.39, 0.29) is 29.6 Å². The van der Waals surface area contributed by atoms with Gasteiger partial charge in [0.2, 0.25) is 0 Å².